The van der Waals surface area contributed by atoms with E-state index in [1.165, 1.54) is 12.1 Å². The molecule has 0 bridgehead atoms. The minimum absolute atomic E-state index is 0.00627. The standard InChI is InChI=1S/C28H31BrF3NO5/c29-22-3-4-24(38-28(30,31)32)21(12-22)15-33-8-5-17(6-9-33)16-37-25-13-20(11-19-7-10-36-27(19)25)23(14-26(34)35)18-1-2-18/h3-4,11-13,17-18,23H,1-2,5-10,14-16H2,(H,34,35). The van der Waals surface area contributed by atoms with E-state index in [1.54, 1.807) is 6.07 Å². The zero-order valence-corrected chi connectivity index (χ0v) is 22.5. The van der Waals surface area contributed by atoms with Crippen LogP contribution in [0.1, 0.15) is 54.7 Å². The molecule has 0 radical (unpaired) electrons. The predicted octanol–water partition coefficient (Wildman–Crippen LogP) is 6.54. The van der Waals surface area contributed by atoms with Crippen LogP contribution in [0.4, 0.5) is 13.2 Å². The van der Waals surface area contributed by atoms with Gasteiger partial charge in [0.1, 0.15) is 5.75 Å². The Morgan fingerprint density at radius 1 is 1.13 bits per heavy atom. The molecule has 10 heteroatoms. The third kappa shape index (κ3) is 6.94. The molecule has 0 spiro atoms. The van der Waals surface area contributed by atoms with Crippen molar-refractivity contribution in [3.05, 3.63) is 51.5 Å². The lowest BCUT2D eigenvalue weighted by Gasteiger charge is -2.32. The SMILES string of the molecule is O=C(O)CC(c1cc2c(c(OCC3CCN(Cc4cc(Br)ccc4OC(F)(F)F)CC3)c1)OCC2)C1CC1. The summed E-state index contributed by atoms with van der Waals surface area (Å²) < 4.78 is 55.6. The molecular formula is C28H31BrF3NO5. The number of rotatable bonds is 10. The first-order valence-corrected chi connectivity index (χ1v) is 13.8. The fourth-order valence-electron chi connectivity index (χ4n) is 5.52. The Kier molecular flexibility index (Phi) is 8.09. The highest BCUT2D eigenvalue weighted by molar-refractivity contribution is 9.10. The second kappa shape index (κ2) is 11.3. The van der Waals surface area contributed by atoms with Crippen LogP contribution in [0, 0.1) is 11.8 Å². The predicted molar refractivity (Wildman–Crippen MR) is 138 cm³/mol. The minimum atomic E-state index is -4.74. The van der Waals surface area contributed by atoms with Crippen molar-refractivity contribution in [2.24, 2.45) is 11.8 Å². The van der Waals surface area contributed by atoms with Crippen molar-refractivity contribution >= 4 is 21.9 Å². The molecule has 1 aliphatic carbocycles. The first kappa shape index (κ1) is 27.1. The smallest absolute Gasteiger partial charge is 0.489 e. The van der Waals surface area contributed by atoms with Gasteiger partial charge in [0.2, 0.25) is 0 Å². The maximum Gasteiger partial charge on any atom is 0.573 e. The Morgan fingerprint density at radius 2 is 1.89 bits per heavy atom. The number of aliphatic carboxylic acids is 1. The van der Waals surface area contributed by atoms with Gasteiger partial charge >= 0.3 is 12.3 Å². The molecule has 6 nitrogen and oxygen atoms in total. The number of alkyl halides is 3. The van der Waals surface area contributed by atoms with Gasteiger partial charge in [0, 0.05) is 28.6 Å². The summed E-state index contributed by atoms with van der Waals surface area (Å²) in [5, 5.41) is 9.43. The number of nitrogens with zero attached hydrogens (tertiary/aromatic N) is 1. The molecule has 206 valence electrons. The summed E-state index contributed by atoms with van der Waals surface area (Å²) in [6.45, 7) is 2.95. The molecule has 2 fully saturated rings. The van der Waals surface area contributed by atoms with Crippen LogP contribution in [0.5, 0.6) is 17.2 Å². The molecule has 0 amide bonds. The molecule has 2 aliphatic heterocycles. The van der Waals surface area contributed by atoms with Crippen LogP contribution in [0.15, 0.2) is 34.8 Å². The molecule has 2 aromatic carbocycles. The highest BCUT2D eigenvalue weighted by Crippen LogP contribution is 2.48. The normalized spacial score (nSPS) is 19.1. The number of halogens is 4. The number of hydrogen-bond acceptors (Lipinski definition) is 5. The molecule has 2 heterocycles. The van der Waals surface area contributed by atoms with Crippen LogP contribution in [0.2, 0.25) is 0 Å². The number of benzene rings is 2. The van der Waals surface area contributed by atoms with Crippen LogP contribution < -0.4 is 14.2 Å². The van der Waals surface area contributed by atoms with Crippen molar-refractivity contribution in [3.63, 3.8) is 0 Å². The quantitative estimate of drug-likeness (QED) is 0.335. The van der Waals surface area contributed by atoms with Crippen LogP contribution in [0.3, 0.4) is 0 Å². The van der Waals surface area contributed by atoms with Crippen molar-refractivity contribution in [2.45, 2.75) is 57.3 Å². The Morgan fingerprint density at radius 3 is 2.58 bits per heavy atom. The topological polar surface area (TPSA) is 68.2 Å². The lowest BCUT2D eigenvalue weighted by Crippen LogP contribution is -2.35. The van der Waals surface area contributed by atoms with E-state index in [-0.39, 0.29) is 18.1 Å². The second-order valence-electron chi connectivity index (χ2n) is 10.5. The number of carbonyl (C=O) groups is 1. The van der Waals surface area contributed by atoms with Crippen LogP contribution in [-0.2, 0) is 17.8 Å². The molecule has 1 saturated heterocycles. The molecule has 1 saturated carbocycles. The number of fused-ring (bicyclic) bond motifs is 1. The first-order chi connectivity index (χ1) is 18.1. The fourth-order valence-corrected chi connectivity index (χ4v) is 5.92. The largest absolute Gasteiger partial charge is 0.573 e. The zero-order chi connectivity index (χ0) is 26.9. The van der Waals surface area contributed by atoms with Gasteiger partial charge in [-0.25, -0.2) is 0 Å². The second-order valence-corrected chi connectivity index (χ2v) is 11.4. The highest BCUT2D eigenvalue weighted by Gasteiger charge is 2.35. The maximum atomic E-state index is 12.8. The molecule has 3 aliphatic rings. The van der Waals surface area contributed by atoms with Crippen LogP contribution >= 0.6 is 15.9 Å². The Bertz CT molecular complexity index is 1160. The number of ether oxygens (including phenoxy) is 3. The maximum absolute atomic E-state index is 12.8. The molecule has 0 aromatic heterocycles. The van der Waals surface area contributed by atoms with E-state index >= 15 is 0 Å². The number of piperidine rings is 1. The molecule has 1 atom stereocenters. The minimum Gasteiger partial charge on any atom is -0.489 e. The summed E-state index contributed by atoms with van der Waals surface area (Å²) in [7, 11) is 0. The Labute approximate surface area is 228 Å². The van der Waals surface area contributed by atoms with E-state index in [0.717, 1.165) is 62.1 Å². The average Bonchev–Trinajstić information content (AvgIpc) is 3.58. The summed E-state index contributed by atoms with van der Waals surface area (Å²) in [4.78, 5) is 13.6. The van der Waals surface area contributed by atoms with Gasteiger partial charge in [-0.2, -0.15) is 0 Å². The number of likely N-dealkylation sites (tertiary alicyclic amines) is 1. The number of carboxylic acids is 1. The van der Waals surface area contributed by atoms with Crippen LogP contribution in [0.25, 0.3) is 0 Å². The molecule has 38 heavy (non-hydrogen) atoms. The van der Waals surface area contributed by atoms with E-state index in [0.29, 0.717) is 47.4 Å². The average molecular weight is 598 g/mol. The third-order valence-electron chi connectivity index (χ3n) is 7.61. The highest BCUT2D eigenvalue weighted by atomic mass is 79.9. The van der Waals surface area contributed by atoms with Crippen molar-refractivity contribution in [1.29, 1.82) is 0 Å². The first-order valence-electron chi connectivity index (χ1n) is 13.1. The molecule has 1 N–H and O–H groups in total. The van der Waals surface area contributed by atoms with E-state index in [1.807, 2.05) is 6.07 Å². The lowest BCUT2D eigenvalue weighted by atomic mass is 9.89. The van der Waals surface area contributed by atoms with E-state index < -0.39 is 12.3 Å². The van der Waals surface area contributed by atoms with Gasteiger partial charge in [-0.1, -0.05) is 22.0 Å². The Balaban J connectivity index is 1.19. The van der Waals surface area contributed by atoms with Gasteiger partial charge in [-0.3, -0.25) is 9.69 Å². The summed E-state index contributed by atoms with van der Waals surface area (Å²) >= 11 is 3.34. The summed E-state index contributed by atoms with van der Waals surface area (Å²) in [6, 6.07) is 8.62. The lowest BCUT2D eigenvalue weighted by molar-refractivity contribution is -0.275. The van der Waals surface area contributed by atoms with E-state index in [9.17, 15) is 23.1 Å². The van der Waals surface area contributed by atoms with Crippen molar-refractivity contribution in [3.8, 4) is 17.2 Å². The third-order valence-corrected chi connectivity index (χ3v) is 8.10. The monoisotopic (exact) mass is 597 g/mol. The van der Waals surface area contributed by atoms with Gasteiger partial charge in [-0.15, -0.1) is 13.2 Å². The summed E-state index contributed by atoms with van der Waals surface area (Å²) in [6.07, 6.45) is 0.00822. The van der Waals surface area contributed by atoms with Gasteiger partial charge in [0.05, 0.1) is 19.6 Å². The summed E-state index contributed by atoms with van der Waals surface area (Å²) in [5.41, 5.74) is 2.59. The molecule has 2 aromatic rings. The van der Waals surface area contributed by atoms with Crippen LogP contribution in [-0.4, -0.2) is 48.6 Å². The Hall–Kier alpha value is -2.46. The van der Waals surface area contributed by atoms with E-state index in [2.05, 4.69) is 31.6 Å². The van der Waals surface area contributed by atoms with Gasteiger partial charge < -0.3 is 19.3 Å². The molecule has 1 unspecified atom stereocenters. The van der Waals surface area contributed by atoms with Gasteiger partial charge in [0.25, 0.3) is 0 Å². The molecule has 5 rings (SSSR count). The van der Waals surface area contributed by atoms with Crippen molar-refractivity contribution in [1.82, 2.24) is 4.90 Å². The van der Waals surface area contributed by atoms with Crippen molar-refractivity contribution < 1.29 is 37.3 Å². The van der Waals surface area contributed by atoms with Gasteiger partial charge in [0.15, 0.2) is 11.5 Å². The fraction of sp³-hybridized carbons (Fsp3) is 0.536. The van der Waals surface area contributed by atoms with Crippen molar-refractivity contribution in [2.75, 3.05) is 26.3 Å². The van der Waals surface area contributed by atoms with E-state index in [4.69, 9.17) is 9.47 Å². The molecular weight excluding hydrogens is 567 g/mol. The number of hydrogen-bond donors (Lipinski definition) is 1. The summed E-state index contributed by atoms with van der Waals surface area (Å²) in [5.74, 6) is 1.21. The zero-order valence-electron chi connectivity index (χ0n) is 20.9. The number of carboxylic acid groups (broad SMARTS) is 1. The van der Waals surface area contributed by atoms with Gasteiger partial charge in [-0.05, 0) is 86.4 Å².